The molecule has 2 atom stereocenters. The number of rotatable bonds is 11. The lowest BCUT2D eigenvalue weighted by Gasteiger charge is -2.27. The predicted octanol–water partition coefficient (Wildman–Crippen LogP) is 2.93. The summed E-state index contributed by atoms with van der Waals surface area (Å²) in [4.78, 5) is 25.9. The van der Waals surface area contributed by atoms with Crippen molar-refractivity contribution in [1.82, 2.24) is 9.55 Å². The minimum absolute atomic E-state index is 0.255. The van der Waals surface area contributed by atoms with Crippen molar-refractivity contribution in [2.75, 3.05) is 19.8 Å². The van der Waals surface area contributed by atoms with Crippen molar-refractivity contribution in [3.63, 3.8) is 0 Å². The molecule has 9 nitrogen and oxygen atoms in total. The Morgan fingerprint density at radius 3 is 2.66 bits per heavy atom. The van der Waals surface area contributed by atoms with Gasteiger partial charge in [0.25, 0.3) is 5.56 Å². The Labute approximate surface area is 170 Å². The topological polar surface area (TPSA) is 109 Å². The van der Waals surface area contributed by atoms with Gasteiger partial charge >= 0.3 is 13.3 Å². The van der Waals surface area contributed by atoms with Gasteiger partial charge in [0.1, 0.15) is 0 Å². The number of aromatic amines is 1. The molecule has 1 aliphatic heterocycles. The summed E-state index contributed by atoms with van der Waals surface area (Å²) in [7, 11) is -3.36. The van der Waals surface area contributed by atoms with Crippen molar-refractivity contribution in [3.8, 4) is 0 Å². The van der Waals surface area contributed by atoms with Gasteiger partial charge < -0.3 is 23.1 Å². The first-order chi connectivity index (χ1) is 13.9. The lowest BCUT2D eigenvalue weighted by Crippen LogP contribution is -2.32. The normalized spacial score (nSPS) is 18.9. The molecule has 0 unspecified atom stereocenters. The van der Waals surface area contributed by atoms with Gasteiger partial charge in [0.15, 0.2) is 6.29 Å². The van der Waals surface area contributed by atoms with E-state index in [1.807, 2.05) is 0 Å². The Morgan fingerprint density at radius 2 is 2.03 bits per heavy atom. The number of hydrogen-bond acceptors (Lipinski definition) is 7. The first kappa shape index (κ1) is 23.8. The van der Waals surface area contributed by atoms with Gasteiger partial charge in [-0.15, -0.1) is 0 Å². The highest BCUT2D eigenvalue weighted by Crippen LogP contribution is 2.49. The van der Waals surface area contributed by atoms with Crippen molar-refractivity contribution in [1.29, 1.82) is 0 Å². The molecule has 0 aromatic carbocycles. The molecule has 0 aliphatic carbocycles. The zero-order valence-electron chi connectivity index (χ0n) is 17.3. The minimum Gasteiger partial charge on any atom is -0.353 e. The fraction of sp³-hybridized carbons (Fsp3) is 0.684. The Balaban J connectivity index is 2.14. The minimum atomic E-state index is -3.36. The van der Waals surface area contributed by atoms with E-state index in [9.17, 15) is 14.2 Å². The van der Waals surface area contributed by atoms with Crippen molar-refractivity contribution < 1.29 is 23.1 Å². The maximum atomic E-state index is 12.7. The Hall–Kier alpha value is -1.51. The average Bonchev–Trinajstić information content (AvgIpc) is 2.69. The molecule has 0 spiro atoms. The van der Waals surface area contributed by atoms with Crippen LogP contribution in [0.5, 0.6) is 0 Å². The van der Waals surface area contributed by atoms with E-state index in [1.165, 1.54) is 16.6 Å². The van der Waals surface area contributed by atoms with Crippen molar-refractivity contribution in [3.05, 3.63) is 44.5 Å². The summed E-state index contributed by atoms with van der Waals surface area (Å²) in [6, 6.07) is 0. The van der Waals surface area contributed by atoms with Gasteiger partial charge in [-0.1, -0.05) is 0 Å². The van der Waals surface area contributed by atoms with Crippen molar-refractivity contribution in [2.24, 2.45) is 0 Å². The summed E-state index contributed by atoms with van der Waals surface area (Å²) in [6.45, 7) is 6.58. The third-order valence-electron chi connectivity index (χ3n) is 4.41. The van der Waals surface area contributed by atoms with Crippen LogP contribution in [0.3, 0.4) is 0 Å². The van der Waals surface area contributed by atoms with Crippen LogP contribution in [0.1, 0.15) is 45.1 Å². The number of H-pyrrole nitrogens is 1. The van der Waals surface area contributed by atoms with Crippen LogP contribution >= 0.6 is 7.60 Å². The van der Waals surface area contributed by atoms with Crippen LogP contribution in [0, 0.1) is 6.92 Å². The molecule has 0 radical (unpaired) electrons. The van der Waals surface area contributed by atoms with Gasteiger partial charge in [-0.05, 0) is 52.5 Å². The molecule has 164 valence electrons. The van der Waals surface area contributed by atoms with Crippen LogP contribution in [0.4, 0.5) is 0 Å². The standard InChI is InChI=1S/C19H31N2O7P/c1-4-26-29(24,27-5-2)13-10-16(28-17-8-6-7-12-25-17)9-11-21-14-15(3)18(22)20-19(21)23/h10,13-14,16-17H,4-9,11-12H2,1-3H3,(H,20,22,23)/b13-10+/t16-,17+/m1/s1. The SMILES string of the molecule is CCOP(=O)(/C=C/[C@@H](CCn1cc(C)c(=O)[nH]c1=O)O[C@H]1CCCCO1)OCC. The average molecular weight is 430 g/mol. The molecule has 0 amide bonds. The molecular weight excluding hydrogens is 399 g/mol. The summed E-state index contributed by atoms with van der Waals surface area (Å²) in [5.41, 5.74) is -0.430. The Kier molecular flexibility index (Phi) is 9.52. The fourth-order valence-electron chi connectivity index (χ4n) is 2.96. The lowest BCUT2D eigenvalue weighted by molar-refractivity contribution is -0.179. The van der Waals surface area contributed by atoms with Crippen LogP contribution in [0.15, 0.2) is 27.7 Å². The first-order valence-corrected chi connectivity index (χ1v) is 11.6. The van der Waals surface area contributed by atoms with Gasteiger partial charge in [0, 0.05) is 30.7 Å². The highest BCUT2D eigenvalue weighted by atomic mass is 31.2. The van der Waals surface area contributed by atoms with Crippen LogP contribution < -0.4 is 11.2 Å². The molecule has 10 heteroatoms. The molecule has 0 bridgehead atoms. The summed E-state index contributed by atoms with van der Waals surface area (Å²) in [6.07, 6.45) is 5.54. The summed E-state index contributed by atoms with van der Waals surface area (Å²) in [5.74, 6) is 1.41. The zero-order chi connectivity index (χ0) is 21.3. The second-order valence-corrected chi connectivity index (χ2v) is 8.64. The molecule has 2 rings (SSSR count). The second kappa shape index (κ2) is 11.6. The van der Waals surface area contributed by atoms with Crippen LogP contribution in [0.25, 0.3) is 0 Å². The molecule has 29 heavy (non-hydrogen) atoms. The largest absolute Gasteiger partial charge is 0.353 e. The highest BCUT2D eigenvalue weighted by molar-refractivity contribution is 7.57. The Morgan fingerprint density at radius 1 is 1.31 bits per heavy atom. The third-order valence-corrected chi connectivity index (χ3v) is 6.18. The number of hydrogen-bond donors (Lipinski definition) is 1. The van der Waals surface area contributed by atoms with Crippen molar-refractivity contribution >= 4 is 7.60 Å². The molecule has 0 saturated carbocycles. The van der Waals surface area contributed by atoms with E-state index in [0.29, 0.717) is 25.1 Å². The number of ether oxygens (including phenoxy) is 2. The number of nitrogens with zero attached hydrogens (tertiary/aromatic N) is 1. The van der Waals surface area contributed by atoms with E-state index in [4.69, 9.17) is 18.5 Å². The molecule has 1 saturated heterocycles. The van der Waals surface area contributed by atoms with Gasteiger partial charge in [-0.2, -0.15) is 0 Å². The van der Waals surface area contributed by atoms with E-state index in [2.05, 4.69) is 4.98 Å². The van der Waals surface area contributed by atoms with Crippen LogP contribution in [0.2, 0.25) is 0 Å². The monoisotopic (exact) mass is 430 g/mol. The van der Waals surface area contributed by atoms with E-state index < -0.39 is 24.9 Å². The number of nitrogens with one attached hydrogen (secondary N) is 1. The van der Waals surface area contributed by atoms with Gasteiger partial charge in [0.05, 0.1) is 19.3 Å². The quantitative estimate of drug-likeness (QED) is 0.538. The Bertz CT molecular complexity index is 817. The van der Waals surface area contributed by atoms with E-state index >= 15 is 0 Å². The molecule has 1 aromatic heterocycles. The van der Waals surface area contributed by atoms with Crippen molar-refractivity contribution in [2.45, 2.75) is 65.4 Å². The first-order valence-electron chi connectivity index (χ1n) is 10.0. The summed E-state index contributed by atoms with van der Waals surface area (Å²) < 4.78 is 36.4. The van der Waals surface area contributed by atoms with E-state index in [0.717, 1.165) is 19.3 Å². The van der Waals surface area contributed by atoms with Gasteiger partial charge in [-0.3, -0.25) is 14.3 Å². The zero-order valence-corrected chi connectivity index (χ0v) is 18.2. The molecular formula is C19H31N2O7P. The molecule has 1 aromatic rings. The smallest absolute Gasteiger partial charge is 0.353 e. The lowest BCUT2D eigenvalue weighted by atomic mass is 10.2. The number of aromatic nitrogens is 2. The maximum Gasteiger partial charge on any atom is 0.353 e. The molecule has 1 N–H and O–H groups in total. The van der Waals surface area contributed by atoms with Gasteiger partial charge in [0.2, 0.25) is 0 Å². The molecule has 2 heterocycles. The highest BCUT2D eigenvalue weighted by Gasteiger charge is 2.23. The molecule has 1 fully saturated rings. The summed E-state index contributed by atoms with van der Waals surface area (Å²) in [5, 5.41) is 0. The number of aryl methyl sites for hydroxylation is 2. The van der Waals surface area contributed by atoms with E-state index in [1.54, 1.807) is 26.8 Å². The van der Waals surface area contributed by atoms with Crippen LogP contribution in [-0.4, -0.2) is 41.8 Å². The third kappa shape index (κ3) is 7.68. The molecule has 1 aliphatic rings. The fourth-order valence-corrected chi connectivity index (χ4v) is 4.33. The summed E-state index contributed by atoms with van der Waals surface area (Å²) >= 11 is 0. The van der Waals surface area contributed by atoms with Crippen LogP contribution in [-0.2, 0) is 29.6 Å². The second-order valence-electron chi connectivity index (χ2n) is 6.74. The van der Waals surface area contributed by atoms with E-state index in [-0.39, 0.29) is 19.5 Å². The van der Waals surface area contributed by atoms with Gasteiger partial charge in [-0.25, -0.2) is 4.79 Å². The predicted molar refractivity (Wildman–Crippen MR) is 109 cm³/mol. The maximum absolute atomic E-state index is 12.7.